The van der Waals surface area contributed by atoms with Crippen molar-refractivity contribution in [2.45, 2.75) is 39.7 Å². The van der Waals surface area contributed by atoms with E-state index in [-0.39, 0.29) is 0 Å². The van der Waals surface area contributed by atoms with Gasteiger partial charge < -0.3 is 9.64 Å². The van der Waals surface area contributed by atoms with Crippen LogP contribution in [-0.2, 0) is 4.74 Å². The Morgan fingerprint density at radius 2 is 2.17 bits per heavy atom. The number of anilines is 1. The SMILES string of the molecule is CCOC1CCCN(c2nc(C)nc(Cl)c2C)C1. The van der Waals surface area contributed by atoms with Crippen LogP contribution < -0.4 is 4.90 Å². The summed E-state index contributed by atoms with van der Waals surface area (Å²) in [6.45, 7) is 8.55. The van der Waals surface area contributed by atoms with E-state index in [0.717, 1.165) is 49.7 Å². The molecule has 1 aromatic rings. The average Bonchev–Trinajstić information content (AvgIpc) is 2.34. The maximum atomic E-state index is 6.13. The van der Waals surface area contributed by atoms with Gasteiger partial charge in [-0.05, 0) is 33.6 Å². The van der Waals surface area contributed by atoms with Crippen molar-refractivity contribution in [2.24, 2.45) is 0 Å². The van der Waals surface area contributed by atoms with Crippen molar-refractivity contribution in [1.82, 2.24) is 9.97 Å². The van der Waals surface area contributed by atoms with Crippen LogP contribution in [0.15, 0.2) is 0 Å². The Bertz CT molecular complexity index is 423. The average molecular weight is 270 g/mol. The highest BCUT2D eigenvalue weighted by Crippen LogP contribution is 2.26. The van der Waals surface area contributed by atoms with Crippen LogP contribution in [0.5, 0.6) is 0 Å². The van der Waals surface area contributed by atoms with E-state index in [1.807, 2.05) is 20.8 Å². The summed E-state index contributed by atoms with van der Waals surface area (Å²) in [4.78, 5) is 11.0. The maximum absolute atomic E-state index is 6.13. The molecule has 0 amide bonds. The second-order valence-corrected chi connectivity index (χ2v) is 5.03. The molecule has 0 N–H and O–H groups in total. The molecule has 2 rings (SSSR count). The number of nitrogens with zero attached hydrogens (tertiary/aromatic N) is 3. The molecule has 1 aliphatic rings. The number of hydrogen-bond acceptors (Lipinski definition) is 4. The number of halogens is 1. The highest BCUT2D eigenvalue weighted by Gasteiger charge is 2.23. The van der Waals surface area contributed by atoms with Gasteiger partial charge in [0.1, 0.15) is 16.8 Å². The Balaban J connectivity index is 2.20. The summed E-state index contributed by atoms with van der Waals surface area (Å²) in [5, 5.41) is 0.552. The molecule has 0 spiro atoms. The van der Waals surface area contributed by atoms with Crippen LogP contribution in [0, 0.1) is 13.8 Å². The van der Waals surface area contributed by atoms with E-state index in [9.17, 15) is 0 Å². The van der Waals surface area contributed by atoms with Crippen molar-refractivity contribution in [3.05, 3.63) is 16.5 Å². The number of aromatic nitrogens is 2. The van der Waals surface area contributed by atoms with Crippen LogP contribution in [0.25, 0.3) is 0 Å². The smallest absolute Gasteiger partial charge is 0.137 e. The summed E-state index contributed by atoms with van der Waals surface area (Å²) in [7, 11) is 0. The molecule has 1 atom stereocenters. The highest BCUT2D eigenvalue weighted by molar-refractivity contribution is 6.30. The van der Waals surface area contributed by atoms with E-state index in [2.05, 4.69) is 14.9 Å². The molecule has 0 aliphatic carbocycles. The lowest BCUT2D eigenvalue weighted by molar-refractivity contribution is 0.0525. The van der Waals surface area contributed by atoms with Gasteiger partial charge in [-0.2, -0.15) is 0 Å². The van der Waals surface area contributed by atoms with Gasteiger partial charge in [-0.15, -0.1) is 0 Å². The van der Waals surface area contributed by atoms with Crippen molar-refractivity contribution < 1.29 is 4.74 Å². The monoisotopic (exact) mass is 269 g/mol. The van der Waals surface area contributed by atoms with Crippen molar-refractivity contribution in [3.8, 4) is 0 Å². The van der Waals surface area contributed by atoms with Crippen LogP contribution in [0.2, 0.25) is 5.15 Å². The third-order valence-corrected chi connectivity index (χ3v) is 3.62. The molecular formula is C13H20ClN3O. The van der Waals surface area contributed by atoms with Crippen molar-refractivity contribution in [1.29, 1.82) is 0 Å². The van der Waals surface area contributed by atoms with Gasteiger partial charge in [-0.1, -0.05) is 11.6 Å². The molecule has 1 unspecified atom stereocenters. The molecule has 0 bridgehead atoms. The summed E-state index contributed by atoms with van der Waals surface area (Å²) >= 11 is 6.13. The summed E-state index contributed by atoms with van der Waals surface area (Å²) in [6, 6.07) is 0. The summed E-state index contributed by atoms with van der Waals surface area (Å²) in [5.41, 5.74) is 0.958. The van der Waals surface area contributed by atoms with Gasteiger partial charge in [-0.3, -0.25) is 0 Å². The second kappa shape index (κ2) is 5.85. The second-order valence-electron chi connectivity index (χ2n) is 4.68. The molecule has 1 aromatic heterocycles. The van der Waals surface area contributed by atoms with Crippen LogP contribution >= 0.6 is 11.6 Å². The maximum Gasteiger partial charge on any atom is 0.137 e. The standard InChI is InChI=1S/C13H20ClN3O/c1-4-18-11-6-5-7-17(8-11)13-9(2)12(14)15-10(3)16-13/h11H,4-8H2,1-3H3. The predicted octanol–water partition coefficient (Wildman–Crippen LogP) is 2.75. The molecular weight excluding hydrogens is 250 g/mol. The van der Waals surface area contributed by atoms with E-state index in [0.29, 0.717) is 11.3 Å². The van der Waals surface area contributed by atoms with E-state index < -0.39 is 0 Å². The molecule has 1 saturated heterocycles. The Morgan fingerprint density at radius 3 is 2.89 bits per heavy atom. The number of rotatable bonds is 3. The molecule has 0 aromatic carbocycles. The third kappa shape index (κ3) is 2.93. The van der Waals surface area contributed by atoms with Crippen LogP contribution in [0.4, 0.5) is 5.82 Å². The van der Waals surface area contributed by atoms with Gasteiger partial charge in [-0.25, -0.2) is 9.97 Å². The zero-order chi connectivity index (χ0) is 13.1. The Morgan fingerprint density at radius 1 is 1.39 bits per heavy atom. The molecule has 2 heterocycles. The minimum atomic E-state index is 0.303. The summed E-state index contributed by atoms with van der Waals surface area (Å²) in [5.74, 6) is 1.68. The fourth-order valence-corrected chi connectivity index (χ4v) is 2.60. The third-order valence-electron chi connectivity index (χ3n) is 3.25. The van der Waals surface area contributed by atoms with Crippen molar-refractivity contribution >= 4 is 17.4 Å². The predicted molar refractivity (Wildman–Crippen MR) is 73.4 cm³/mol. The van der Waals surface area contributed by atoms with Gasteiger partial charge >= 0.3 is 0 Å². The molecule has 1 fully saturated rings. The van der Waals surface area contributed by atoms with E-state index >= 15 is 0 Å². The zero-order valence-corrected chi connectivity index (χ0v) is 12.0. The Hall–Kier alpha value is -0.870. The molecule has 1 aliphatic heterocycles. The number of hydrogen-bond donors (Lipinski definition) is 0. The van der Waals surface area contributed by atoms with Gasteiger partial charge in [0.2, 0.25) is 0 Å². The number of aryl methyl sites for hydroxylation is 1. The van der Waals surface area contributed by atoms with Gasteiger partial charge in [0.05, 0.1) is 6.10 Å². The quantitative estimate of drug-likeness (QED) is 0.791. The topological polar surface area (TPSA) is 38.2 Å². The number of ether oxygens (including phenoxy) is 1. The zero-order valence-electron chi connectivity index (χ0n) is 11.2. The first-order valence-corrected chi connectivity index (χ1v) is 6.87. The molecule has 18 heavy (non-hydrogen) atoms. The van der Waals surface area contributed by atoms with Gasteiger partial charge in [0.15, 0.2) is 0 Å². The van der Waals surface area contributed by atoms with E-state index in [4.69, 9.17) is 16.3 Å². The van der Waals surface area contributed by atoms with E-state index in [1.165, 1.54) is 0 Å². The number of piperidine rings is 1. The lowest BCUT2D eigenvalue weighted by Crippen LogP contribution is -2.40. The van der Waals surface area contributed by atoms with E-state index in [1.54, 1.807) is 0 Å². The Labute approximate surface area is 113 Å². The first-order chi connectivity index (χ1) is 8.61. The minimum Gasteiger partial charge on any atom is -0.377 e. The summed E-state index contributed by atoms with van der Waals surface area (Å²) < 4.78 is 5.72. The first-order valence-electron chi connectivity index (χ1n) is 6.49. The molecule has 4 nitrogen and oxygen atoms in total. The fraction of sp³-hybridized carbons (Fsp3) is 0.692. The van der Waals surface area contributed by atoms with Gasteiger partial charge in [0, 0.05) is 25.3 Å². The van der Waals surface area contributed by atoms with Crippen LogP contribution in [0.1, 0.15) is 31.2 Å². The molecule has 0 radical (unpaired) electrons. The normalized spacial score (nSPS) is 20.2. The molecule has 5 heteroatoms. The first kappa shape index (κ1) is 13.6. The lowest BCUT2D eigenvalue weighted by Gasteiger charge is -2.34. The van der Waals surface area contributed by atoms with Crippen molar-refractivity contribution in [2.75, 3.05) is 24.6 Å². The molecule has 0 saturated carbocycles. The largest absolute Gasteiger partial charge is 0.377 e. The summed E-state index contributed by atoms with van der Waals surface area (Å²) in [6.07, 6.45) is 2.56. The fourth-order valence-electron chi connectivity index (χ4n) is 2.39. The Kier molecular flexibility index (Phi) is 4.40. The highest BCUT2D eigenvalue weighted by atomic mass is 35.5. The molecule has 100 valence electrons. The van der Waals surface area contributed by atoms with Crippen LogP contribution in [0.3, 0.4) is 0 Å². The van der Waals surface area contributed by atoms with Crippen LogP contribution in [-0.4, -0.2) is 35.8 Å². The lowest BCUT2D eigenvalue weighted by atomic mass is 10.1. The van der Waals surface area contributed by atoms with Gasteiger partial charge in [0.25, 0.3) is 0 Å². The van der Waals surface area contributed by atoms with Crippen molar-refractivity contribution in [3.63, 3.8) is 0 Å². The minimum absolute atomic E-state index is 0.303.